The lowest BCUT2D eigenvalue weighted by Gasteiger charge is -2.29. The van der Waals surface area contributed by atoms with Gasteiger partial charge in [-0.3, -0.25) is 0 Å². The van der Waals surface area contributed by atoms with Crippen LogP contribution in [0.25, 0.3) is 10.8 Å². The van der Waals surface area contributed by atoms with Crippen LogP contribution in [-0.2, 0) is 11.2 Å². The van der Waals surface area contributed by atoms with Crippen LogP contribution >= 0.6 is 0 Å². The lowest BCUT2D eigenvalue weighted by atomic mass is 9.93. The summed E-state index contributed by atoms with van der Waals surface area (Å²) < 4.78 is 6.29. The first kappa shape index (κ1) is 23.0. The predicted octanol–water partition coefficient (Wildman–Crippen LogP) is 5.90. The Morgan fingerprint density at radius 3 is 2.50 bits per heavy atom. The van der Waals surface area contributed by atoms with Crippen LogP contribution in [0.1, 0.15) is 55.0 Å². The molecule has 2 N–H and O–H groups in total. The van der Waals surface area contributed by atoms with Crippen LogP contribution in [0.15, 0.2) is 60.7 Å². The first-order chi connectivity index (χ1) is 15.3. The van der Waals surface area contributed by atoms with Crippen LogP contribution in [0.5, 0.6) is 0 Å². The third-order valence-corrected chi connectivity index (χ3v) is 6.54. The van der Waals surface area contributed by atoms with Gasteiger partial charge in [0.1, 0.15) is 0 Å². The molecule has 2 atom stereocenters. The summed E-state index contributed by atoms with van der Waals surface area (Å²) in [6.07, 6.45) is 2.89. The van der Waals surface area contributed by atoms with E-state index in [1.807, 2.05) is 0 Å². The van der Waals surface area contributed by atoms with Crippen molar-refractivity contribution >= 4 is 10.8 Å². The molecule has 32 heavy (non-hydrogen) atoms. The molecule has 0 radical (unpaired) electrons. The molecule has 0 bridgehead atoms. The minimum absolute atomic E-state index is 0.0927. The molecule has 1 fully saturated rings. The molecule has 3 heteroatoms. The summed E-state index contributed by atoms with van der Waals surface area (Å²) in [5, 5.41) is 16.7. The van der Waals surface area contributed by atoms with Crippen molar-refractivity contribution in [1.82, 2.24) is 5.32 Å². The van der Waals surface area contributed by atoms with Gasteiger partial charge in [-0.05, 0) is 80.3 Å². The average molecular weight is 432 g/mol. The summed E-state index contributed by atoms with van der Waals surface area (Å²) in [6, 6.07) is 21.7. The van der Waals surface area contributed by atoms with Crippen molar-refractivity contribution in [3.63, 3.8) is 0 Å². The number of fused-ring (bicyclic) bond motifs is 1. The maximum absolute atomic E-state index is 10.7. The number of ether oxygens (including phenoxy) is 1. The molecule has 0 saturated heterocycles. The first-order valence-corrected chi connectivity index (χ1v) is 11.9. The first-order valence-electron chi connectivity index (χ1n) is 11.9. The number of hydrogen-bond acceptors (Lipinski definition) is 3. The second-order valence-electron chi connectivity index (χ2n) is 10.2. The Labute approximate surface area is 192 Å². The summed E-state index contributed by atoms with van der Waals surface area (Å²) >= 11 is 0. The summed E-state index contributed by atoms with van der Waals surface area (Å²) in [5.41, 5.74) is 5.00. The van der Waals surface area contributed by atoms with Crippen molar-refractivity contribution in [2.24, 2.45) is 5.92 Å². The van der Waals surface area contributed by atoms with Crippen LogP contribution in [0.4, 0.5) is 0 Å². The fourth-order valence-electron chi connectivity index (χ4n) is 4.53. The molecule has 1 saturated carbocycles. The predicted molar refractivity (Wildman–Crippen MR) is 133 cm³/mol. The van der Waals surface area contributed by atoms with E-state index in [0.29, 0.717) is 19.1 Å². The summed E-state index contributed by atoms with van der Waals surface area (Å²) in [7, 11) is 0. The van der Waals surface area contributed by atoms with Gasteiger partial charge in [0.05, 0.1) is 18.8 Å². The number of rotatable bonds is 10. The zero-order valence-corrected chi connectivity index (χ0v) is 19.9. The third-order valence-electron chi connectivity index (χ3n) is 6.54. The molecule has 0 heterocycles. The lowest BCUT2D eigenvalue weighted by Crippen LogP contribution is -2.46. The highest BCUT2D eigenvalue weighted by Gasteiger charge is 2.34. The maximum atomic E-state index is 10.7. The summed E-state index contributed by atoms with van der Waals surface area (Å²) in [4.78, 5) is 0. The second-order valence-corrected chi connectivity index (χ2v) is 10.2. The number of nitrogens with one attached hydrogen (secondary N) is 1. The number of aliphatic hydroxyl groups is 1. The quantitative estimate of drug-likeness (QED) is 0.420. The minimum atomic E-state index is -0.530. The molecular formula is C29H37NO2. The molecule has 0 aromatic heterocycles. The Bertz CT molecular complexity index is 1050. The molecule has 1 aliphatic carbocycles. The normalized spacial score (nSPS) is 16.3. The zero-order chi connectivity index (χ0) is 22.7. The van der Waals surface area contributed by atoms with Gasteiger partial charge in [0.25, 0.3) is 0 Å². The number of β-amino-alcohol motifs (C(OH)–C–C–N with tert-alkyl or cyclic N) is 1. The molecule has 3 nitrogen and oxygen atoms in total. The highest BCUT2D eigenvalue weighted by atomic mass is 16.5. The fourth-order valence-corrected chi connectivity index (χ4v) is 4.53. The van der Waals surface area contributed by atoms with E-state index in [0.717, 1.165) is 6.42 Å². The van der Waals surface area contributed by atoms with E-state index in [9.17, 15) is 5.11 Å². The van der Waals surface area contributed by atoms with E-state index < -0.39 is 6.10 Å². The lowest BCUT2D eigenvalue weighted by molar-refractivity contribution is -0.0214. The molecule has 0 aliphatic heterocycles. The van der Waals surface area contributed by atoms with E-state index >= 15 is 0 Å². The van der Waals surface area contributed by atoms with Crippen LogP contribution in [0.3, 0.4) is 0 Å². The SMILES string of the molecule is Cc1ccc(C)c(C(OCC(O)CNC(C)(C)Cc2ccc3ccccc3c2)C2CC2)c1. The maximum Gasteiger partial charge on any atom is 0.0898 e. The molecule has 1 aliphatic rings. The van der Waals surface area contributed by atoms with E-state index in [4.69, 9.17) is 4.74 Å². The van der Waals surface area contributed by atoms with Crippen LogP contribution in [0, 0.1) is 19.8 Å². The zero-order valence-electron chi connectivity index (χ0n) is 19.9. The van der Waals surface area contributed by atoms with Crippen LogP contribution < -0.4 is 5.32 Å². The van der Waals surface area contributed by atoms with Crippen LogP contribution in [0.2, 0.25) is 0 Å². The van der Waals surface area contributed by atoms with Crippen molar-refractivity contribution in [3.05, 3.63) is 82.9 Å². The van der Waals surface area contributed by atoms with Gasteiger partial charge in [0, 0.05) is 12.1 Å². The van der Waals surface area contributed by atoms with Crippen molar-refractivity contribution in [3.8, 4) is 0 Å². The topological polar surface area (TPSA) is 41.5 Å². The number of hydrogen-bond donors (Lipinski definition) is 2. The number of aryl methyl sites for hydroxylation is 2. The van der Waals surface area contributed by atoms with Gasteiger partial charge in [-0.15, -0.1) is 0 Å². The van der Waals surface area contributed by atoms with E-state index in [1.54, 1.807) is 0 Å². The van der Waals surface area contributed by atoms with Gasteiger partial charge >= 0.3 is 0 Å². The highest BCUT2D eigenvalue weighted by Crippen LogP contribution is 2.44. The van der Waals surface area contributed by atoms with Gasteiger partial charge in [-0.25, -0.2) is 0 Å². The number of aliphatic hydroxyl groups excluding tert-OH is 1. The Hall–Kier alpha value is -2.20. The Kier molecular flexibility index (Phi) is 6.99. The van der Waals surface area contributed by atoms with E-state index in [-0.39, 0.29) is 11.6 Å². The molecule has 0 amide bonds. The van der Waals surface area contributed by atoms with Crippen molar-refractivity contribution in [2.75, 3.05) is 13.2 Å². The Morgan fingerprint density at radius 1 is 1.00 bits per heavy atom. The Morgan fingerprint density at radius 2 is 1.75 bits per heavy atom. The Balaban J connectivity index is 1.31. The fraction of sp³-hybridized carbons (Fsp3) is 0.448. The molecule has 3 aromatic carbocycles. The van der Waals surface area contributed by atoms with Gasteiger partial charge in [0.2, 0.25) is 0 Å². The number of benzene rings is 3. The largest absolute Gasteiger partial charge is 0.389 e. The molecule has 4 rings (SSSR count). The standard InChI is InChI=1S/C29H37NO2/c1-20-9-10-21(2)27(15-20)28(24-13-14-24)32-19-26(31)18-30-29(3,4)17-22-11-12-23-7-5-6-8-25(23)16-22/h5-12,15-16,24,26,28,30-31H,13-14,17-19H2,1-4H3. The van der Waals surface area contributed by atoms with Gasteiger partial charge in [-0.2, -0.15) is 0 Å². The molecular weight excluding hydrogens is 394 g/mol. The molecule has 170 valence electrons. The highest BCUT2D eigenvalue weighted by molar-refractivity contribution is 5.83. The van der Waals surface area contributed by atoms with Crippen molar-refractivity contribution in [2.45, 2.75) is 64.7 Å². The third kappa shape index (κ3) is 5.98. The molecule has 3 aromatic rings. The van der Waals surface area contributed by atoms with Crippen molar-refractivity contribution in [1.29, 1.82) is 0 Å². The van der Waals surface area contributed by atoms with E-state index in [2.05, 4.69) is 93.7 Å². The summed E-state index contributed by atoms with van der Waals surface area (Å²) in [5.74, 6) is 0.583. The second kappa shape index (κ2) is 9.74. The molecule has 0 spiro atoms. The monoisotopic (exact) mass is 431 g/mol. The van der Waals surface area contributed by atoms with Crippen molar-refractivity contribution < 1.29 is 9.84 Å². The van der Waals surface area contributed by atoms with Gasteiger partial charge in [-0.1, -0.05) is 66.2 Å². The molecule has 2 unspecified atom stereocenters. The smallest absolute Gasteiger partial charge is 0.0898 e. The average Bonchev–Trinajstić information content (AvgIpc) is 3.60. The summed E-state index contributed by atoms with van der Waals surface area (Å²) in [6.45, 7) is 9.54. The van der Waals surface area contributed by atoms with Gasteiger partial charge < -0.3 is 15.2 Å². The minimum Gasteiger partial charge on any atom is -0.389 e. The van der Waals surface area contributed by atoms with Crippen LogP contribution in [-0.4, -0.2) is 29.9 Å². The van der Waals surface area contributed by atoms with Gasteiger partial charge in [0.15, 0.2) is 0 Å². The van der Waals surface area contributed by atoms with E-state index in [1.165, 1.54) is 45.9 Å².